The molecule has 0 radical (unpaired) electrons. The summed E-state index contributed by atoms with van der Waals surface area (Å²) in [5.74, 6) is 5.88. The van der Waals surface area contributed by atoms with E-state index >= 15 is 0 Å². The van der Waals surface area contributed by atoms with Crippen LogP contribution in [0.1, 0.15) is 112 Å². The van der Waals surface area contributed by atoms with E-state index < -0.39 is 0 Å². The monoisotopic (exact) mass is 370 g/mol. The first kappa shape index (κ1) is 20.0. The van der Waals surface area contributed by atoms with Crippen molar-refractivity contribution >= 4 is 0 Å². The summed E-state index contributed by atoms with van der Waals surface area (Å²) in [6.07, 6.45) is 20.6. The molecule has 0 aliphatic heterocycles. The van der Waals surface area contributed by atoms with Crippen LogP contribution >= 0.6 is 0 Å². The fraction of sp³-hybridized carbons (Fsp3) is 0.926. The van der Waals surface area contributed by atoms with Crippen molar-refractivity contribution in [3.05, 3.63) is 11.6 Å². The van der Waals surface area contributed by atoms with E-state index in [1.165, 1.54) is 70.6 Å². The van der Waals surface area contributed by atoms with Crippen LogP contribution in [0.15, 0.2) is 11.6 Å². The van der Waals surface area contributed by atoms with Crippen LogP contribution in [-0.4, -0.2) is 0 Å². The molecule has 1 unspecified atom stereocenters. The molecular formula is C27H46. The smallest absolute Gasteiger partial charge is 0.00851 e. The first-order valence-electron chi connectivity index (χ1n) is 12.5. The average Bonchev–Trinajstić information content (AvgIpc) is 2.96. The van der Waals surface area contributed by atoms with Gasteiger partial charge in [-0.3, -0.25) is 0 Å². The van der Waals surface area contributed by atoms with E-state index in [1.54, 1.807) is 6.42 Å². The van der Waals surface area contributed by atoms with Crippen molar-refractivity contribution in [2.75, 3.05) is 0 Å². The zero-order chi connectivity index (χ0) is 19.2. The van der Waals surface area contributed by atoms with Gasteiger partial charge in [-0.1, -0.05) is 65.5 Å². The Kier molecular flexibility index (Phi) is 5.59. The van der Waals surface area contributed by atoms with Gasteiger partial charge in [-0.15, -0.1) is 0 Å². The van der Waals surface area contributed by atoms with Gasteiger partial charge >= 0.3 is 0 Å². The highest BCUT2D eigenvalue weighted by Gasteiger charge is 2.58. The zero-order valence-electron chi connectivity index (χ0n) is 19.0. The van der Waals surface area contributed by atoms with Gasteiger partial charge in [0.1, 0.15) is 0 Å². The highest BCUT2D eigenvalue weighted by atomic mass is 14.6. The van der Waals surface area contributed by atoms with Crippen molar-refractivity contribution in [3.8, 4) is 0 Å². The van der Waals surface area contributed by atoms with Crippen molar-refractivity contribution in [2.24, 2.45) is 46.3 Å². The second-order valence-electron chi connectivity index (χ2n) is 12.1. The van der Waals surface area contributed by atoms with E-state index in [4.69, 9.17) is 0 Å². The summed E-state index contributed by atoms with van der Waals surface area (Å²) >= 11 is 0. The third kappa shape index (κ3) is 3.46. The van der Waals surface area contributed by atoms with Crippen LogP contribution < -0.4 is 0 Å². The predicted molar refractivity (Wildman–Crippen MR) is 118 cm³/mol. The lowest BCUT2D eigenvalue weighted by Crippen LogP contribution is -2.49. The molecule has 0 heterocycles. The minimum Gasteiger partial charge on any atom is -0.0845 e. The minimum atomic E-state index is 0.562. The highest BCUT2D eigenvalue weighted by molar-refractivity contribution is 5.24. The fourth-order valence-corrected chi connectivity index (χ4v) is 8.37. The van der Waals surface area contributed by atoms with Gasteiger partial charge in [-0.2, -0.15) is 0 Å². The highest BCUT2D eigenvalue weighted by Crippen LogP contribution is 2.67. The predicted octanol–water partition coefficient (Wildman–Crippen LogP) is 8.42. The van der Waals surface area contributed by atoms with E-state index in [2.05, 4.69) is 40.7 Å². The SMILES string of the molecule is CC(C)CCCC[C@H]1CC[C@H]2C3CC=C4C[C@@H](C)CC[C@]4(C)[C@H]3CC[C@]12C. The molecule has 0 bridgehead atoms. The Labute approximate surface area is 170 Å². The summed E-state index contributed by atoms with van der Waals surface area (Å²) < 4.78 is 0. The maximum atomic E-state index is 2.75. The first-order chi connectivity index (χ1) is 12.8. The molecule has 0 aromatic heterocycles. The normalized spacial score (nSPS) is 46.6. The summed E-state index contributed by atoms with van der Waals surface area (Å²) in [5, 5.41) is 0. The van der Waals surface area contributed by atoms with Gasteiger partial charge in [0.25, 0.3) is 0 Å². The largest absolute Gasteiger partial charge is 0.0845 e. The number of hydrogen-bond donors (Lipinski definition) is 0. The van der Waals surface area contributed by atoms with E-state index in [0.717, 1.165) is 35.5 Å². The molecule has 0 aromatic carbocycles. The summed E-state index contributed by atoms with van der Waals surface area (Å²) in [7, 11) is 0. The molecule has 0 N–H and O–H groups in total. The molecule has 0 amide bonds. The molecule has 3 saturated carbocycles. The lowest BCUT2D eigenvalue weighted by Gasteiger charge is -2.58. The van der Waals surface area contributed by atoms with Crippen LogP contribution in [0.5, 0.6) is 0 Å². The van der Waals surface area contributed by atoms with Gasteiger partial charge in [-0.25, -0.2) is 0 Å². The van der Waals surface area contributed by atoms with Crippen LogP contribution in [0.2, 0.25) is 0 Å². The molecule has 4 aliphatic rings. The summed E-state index contributed by atoms with van der Waals surface area (Å²) in [4.78, 5) is 0. The Bertz CT molecular complexity index is 556. The van der Waals surface area contributed by atoms with Crippen LogP contribution in [0.25, 0.3) is 0 Å². The lowest BCUT2D eigenvalue weighted by atomic mass is 9.47. The third-order valence-electron chi connectivity index (χ3n) is 10.1. The Morgan fingerprint density at radius 2 is 1.81 bits per heavy atom. The van der Waals surface area contributed by atoms with Crippen LogP contribution in [0.4, 0.5) is 0 Å². The summed E-state index contributed by atoms with van der Waals surface area (Å²) in [6.45, 7) is 12.6. The lowest BCUT2D eigenvalue weighted by molar-refractivity contribution is -0.0450. The molecule has 4 rings (SSSR count). The minimum absolute atomic E-state index is 0.562. The van der Waals surface area contributed by atoms with Crippen molar-refractivity contribution in [1.29, 1.82) is 0 Å². The molecular weight excluding hydrogens is 324 g/mol. The van der Waals surface area contributed by atoms with Crippen molar-refractivity contribution in [1.82, 2.24) is 0 Å². The maximum Gasteiger partial charge on any atom is -0.00851 e. The molecule has 0 spiro atoms. The molecule has 7 atom stereocenters. The number of unbranched alkanes of at least 4 members (excludes halogenated alkanes) is 1. The molecule has 3 fully saturated rings. The number of hydrogen-bond acceptors (Lipinski definition) is 0. The topological polar surface area (TPSA) is 0 Å². The second-order valence-corrected chi connectivity index (χ2v) is 12.1. The van der Waals surface area contributed by atoms with Gasteiger partial charge in [0.05, 0.1) is 0 Å². The van der Waals surface area contributed by atoms with Crippen LogP contribution in [0, 0.1) is 46.3 Å². The average molecular weight is 371 g/mol. The Hall–Kier alpha value is -0.260. The molecule has 4 aliphatic carbocycles. The third-order valence-corrected chi connectivity index (χ3v) is 10.1. The van der Waals surface area contributed by atoms with Crippen molar-refractivity contribution in [3.63, 3.8) is 0 Å². The standard InChI is InChI=1S/C27H46/c1-19(2)8-6-7-9-21-11-13-24-23-12-10-22-18-20(3)14-16-27(22,5)25(23)15-17-26(21,24)4/h10,19-21,23-25H,6-9,11-18H2,1-5H3/t20-,21-,23?,24-,25-,26+,27-/m0/s1. The quantitative estimate of drug-likeness (QED) is 0.336. The molecule has 27 heavy (non-hydrogen) atoms. The number of fused-ring (bicyclic) bond motifs is 5. The van der Waals surface area contributed by atoms with Crippen LogP contribution in [-0.2, 0) is 0 Å². The molecule has 0 heteroatoms. The molecule has 154 valence electrons. The molecule has 0 saturated heterocycles. The Balaban J connectivity index is 1.46. The molecule has 0 nitrogen and oxygen atoms in total. The van der Waals surface area contributed by atoms with Gasteiger partial charge in [0, 0.05) is 0 Å². The number of rotatable bonds is 5. The van der Waals surface area contributed by atoms with E-state index in [1.807, 2.05) is 5.57 Å². The van der Waals surface area contributed by atoms with Gasteiger partial charge in [-0.05, 0) is 104 Å². The summed E-state index contributed by atoms with van der Waals surface area (Å²) in [6, 6.07) is 0. The van der Waals surface area contributed by atoms with Gasteiger partial charge < -0.3 is 0 Å². The first-order valence-corrected chi connectivity index (χ1v) is 12.5. The molecule has 0 aromatic rings. The fourth-order valence-electron chi connectivity index (χ4n) is 8.37. The maximum absolute atomic E-state index is 2.75. The van der Waals surface area contributed by atoms with E-state index in [0.29, 0.717) is 10.8 Å². The Morgan fingerprint density at radius 1 is 1.00 bits per heavy atom. The zero-order valence-corrected chi connectivity index (χ0v) is 19.0. The summed E-state index contributed by atoms with van der Waals surface area (Å²) in [5.41, 5.74) is 3.10. The van der Waals surface area contributed by atoms with Gasteiger partial charge in [0.15, 0.2) is 0 Å². The Morgan fingerprint density at radius 3 is 2.59 bits per heavy atom. The van der Waals surface area contributed by atoms with Crippen molar-refractivity contribution in [2.45, 2.75) is 112 Å². The van der Waals surface area contributed by atoms with E-state index in [-0.39, 0.29) is 0 Å². The van der Waals surface area contributed by atoms with Crippen molar-refractivity contribution < 1.29 is 0 Å². The van der Waals surface area contributed by atoms with Gasteiger partial charge in [0.2, 0.25) is 0 Å². The number of allylic oxidation sites excluding steroid dienone is 2. The van der Waals surface area contributed by atoms with Crippen LogP contribution in [0.3, 0.4) is 0 Å². The second kappa shape index (κ2) is 7.53. The van der Waals surface area contributed by atoms with E-state index in [9.17, 15) is 0 Å².